The van der Waals surface area contributed by atoms with Crippen molar-refractivity contribution in [2.45, 2.75) is 37.5 Å². The monoisotopic (exact) mass is 240 g/mol. The van der Waals surface area contributed by atoms with Gasteiger partial charge in [-0.25, -0.2) is 0 Å². The fourth-order valence-electron chi connectivity index (χ4n) is 1.83. The highest BCUT2D eigenvalue weighted by Gasteiger charge is 2.26. The van der Waals surface area contributed by atoms with Gasteiger partial charge in [-0.2, -0.15) is 8.42 Å². The summed E-state index contributed by atoms with van der Waals surface area (Å²) in [5, 5.41) is 0. The fraction of sp³-hybridized carbons (Fsp3) is 0.500. The van der Waals surface area contributed by atoms with Gasteiger partial charge in [0, 0.05) is 0 Å². The van der Waals surface area contributed by atoms with Gasteiger partial charge in [0.1, 0.15) is 0 Å². The van der Waals surface area contributed by atoms with Gasteiger partial charge >= 0.3 is 0 Å². The summed E-state index contributed by atoms with van der Waals surface area (Å²) >= 11 is 0. The molecule has 88 valence electrons. The first-order valence-corrected chi connectivity index (χ1v) is 6.95. The Labute approximate surface area is 96.6 Å². The SMILES string of the molecule is CCOS(=O)(=O)c1ccc(C)c(C2CC2)c1. The Bertz CT molecular complexity index is 487. The summed E-state index contributed by atoms with van der Waals surface area (Å²) in [6.45, 7) is 3.87. The molecule has 1 aliphatic carbocycles. The fourth-order valence-corrected chi connectivity index (χ4v) is 2.78. The van der Waals surface area contributed by atoms with Gasteiger partial charge in [0.2, 0.25) is 0 Å². The molecular weight excluding hydrogens is 224 g/mol. The Kier molecular flexibility index (Phi) is 3.04. The molecule has 1 aromatic rings. The lowest BCUT2D eigenvalue weighted by Gasteiger charge is -2.08. The number of rotatable bonds is 4. The second-order valence-corrected chi connectivity index (χ2v) is 5.77. The summed E-state index contributed by atoms with van der Waals surface area (Å²) in [5.74, 6) is 0.553. The molecule has 4 heteroatoms. The average molecular weight is 240 g/mol. The Hall–Kier alpha value is -0.870. The molecule has 1 aromatic carbocycles. The van der Waals surface area contributed by atoms with E-state index in [9.17, 15) is 8.42 Å². The van der Waals surface area contributed by atoms with Gasteiger partial charge in [-0.1, -0.05) is 6.07 Å². The molecule has 0 N–H and O–H groups in total. The van der Waals surface area contributed by atoms with E-state index in [1.54, 1.807) is 19.1 Å². The molecule has 3 nitrogen and oxygen atoms in total. The summed E-state index contributed by atoms with van der Waals surface area (Å²) in [7, 11) is -3.56. The Morgan fingerprint density at radius 3 is 2.62 bits per heavy atom. The van der Waals surface area contributed by atoms with E-state index in [1.807, 2.05) is 13.0 Å². The third-order valence-corrected chi connectivity index (χ3v) is 4.21. The molecule has 2 rings (SSSR count). The summed E-state index contributed by atoms with van der Waals surface area (Å²) in [6, 6.07) is 5.24. The first kappa shape index (κ1) is 11.6. The highest BCUT2D eigenvalue weighted by Crippen LogP contribution is 2.42. The van der Waals surface area contributed by atoms with Crippen LogP contribution >= 0.6 is 0 Å². The van der Waals surface area contributed by atoms with E-state index in [1.165, 1.54) is 12.8 Å². The van der Waals surface area contributed by atoms with E-state index < -0.39 is 10.1 Å². The second kappa shape index (κ2) is 4.18. The highest BCUT2D eigenvalue weighted by atomic mass is 32.2. The Morgan fingerprint density at radius 1 is 1.38 bits per heavy atom. The zero-order valence-electron chi connectivity index (χ0n) is 9.56. The lowest BCUT2D eigenvalue weighted by atomic mass is 10.1. The van der Waals surface area contributed by atoms with Crippen LogP contribution in [0.25, 0.3) is 0 Å². The van der Waals surface area contributed by atoms with E-state index in [4.69, 9.17) is 4.18 Å². The molecule has 0 amide bonds. The van der Waals surface area contributed by atoms with Crippen LogP contribution in [0.15, 0.2) is 23.1 Å². The molecule has 16 heavy (non-hydrogen) atoms. The van der Waals surface area contributed by atoms with Crippen LogP contribution in [0, 0.1) is 6.92 Å². The molecular formula is C12H16O3S. The van der Waals surface area contributed by atoms with Crippen molar-refractivity contribution in [1.82, 2.24) is 0 Å². The van der Waals surface area contributed by atoms with E-state index in [-0.39, 0.29) is 11.5 Å². The third-order valence-electron chi connectivity index (χ3n) is 2.83. The molecule has 1 aliphatic rings. The Balaban J connectivity index is 2.39. The summed E-state index contributed by atoms with van der Waals surface area (Å²) in [4.78, 5) is 0.279. The molecule has 0 heterocycles. The van der Waals surface area contributed by atoms with Crippen molar-refractivity contribution in [2.24, 2.45) is 0 Å². The van der Waals surface area contributed by atoms with E-state index in [0.717, 1.165) is 11.1 Å². The minimum Gasteiger partial charge on any atom is -0.267 e. The van der Waals surface area contributed by atoms with Crippen molar-refractivity contribution < 1.29 is 12.6 Å². The minimum absolute atomic E-state index is 0.176. The van der Waals surface area contributed by atoms with Crippen LogP contribution < -0.4 is 0 Å². The van der Waals surface area contributed by atoms with Gasteiger partial charge < -0.3 is 0 Å². The maximum Gasteiger partial charge on any atom is 0.296 e. The van der Waals surface area contributed by atoms with Gasteiger partial charge in [-0.05, 0) is 55.9 Å². The van der Waals surface area contributed by atoms with Crippen molar-refractivity contribution >= 4 is 10.1 Å². The van der Waals surface area contributed by atoms with Crippen LogP contribution in [0.2, 0.25) is 0 Å². The number of benzene rings is 1. The number of hydrogen-bond acceptors (Lipinski definition) is 3. The lowest BCUT2D eigenvalue weighted by molar-refractivity contribution is 0.338. The Morgan fingerprint density at radius 2 is 2.06 bits per heavy atom. The molecule has 0 aliphatic heterocycles. The highest BCUT2D eigenvalue weighted by molar-refractivity contribution is 7.86. The molecule has 0 spiro atoms. The average Bonchev–Trinajstić information content (AvgIpc) is 3.01. The standard InChI is InChI=1S/C12H16O3S/c1-3-15-16(13,14)11-7-4-9(2)12(8-11)10-5-6-10/h4,7-8,10H,3,5-6H2,1-2H3. The summed E-state index contributed by atoms with van der Waals surface area (Å²) in [6.07, 6.45) is 2.33. The van der Waals surface area contributed by atoms with Gasteiger partial charge in [-0.15, -0.1) is 0 Å². The van der Waals surface area contributed by atoms with Crippen LogP contribution in [0.1, 0.15) is 36.8 Å². The molecule has 0 radical (unpaired) electrons. The molecule has 0 aromatic heterocycles. The second-order valence-electron chi connectivity index (χ2n) is 4.15. The smallest absolute Gasteiger partial charge is 0.267 e. The first-order chi connectivity index (χ1) is 7.54. The third kappa shape index (κ3) is 2.28. The van der Waals surface area contributed by atoms with Gasteiger partial charge in [0.15, 0.2) is 0 Å². The van der Waals surface area contributed by atoms with Crippen LogP contribution in [-0.2, 0) is 14.3 Å². The predicted octanol–water partition coefficient (Wildman–Crippen LogP) is 2.60. The summed E-state index contributed by atoms with van der Waals surface area (Å²) in [5.41, 5.74) is 2.32. The van der Waals surface area contributed by atoms with Crippen molar-refractivity contribution in [3.63, 3.8) is 0 Å². The van der Waals surface area contributed by atoms with Crippen molar-refractivity contribution in [3.05, 3.63) is 29.3 Å². The van der Waals surface area contributed by atoms with Crippen LogP contribution in [0.4, 0.5) is 0 Å². The van der Waals surface area contributed by atoms with Crippen LogP contribution in [0.3, 0.4) is 0 Å². The zero-order valence-corrected chi connectivity index (χ0v) is 10.4. The van der Waals surface area contributed by atoms with Crippen LogP contribution in [-0.4, -0.2) is 15.0 Å². The van der Waals surface area contributed by atoms with Crippen molar-refractivity contribution in [3.8, 4) is 0 Å². The van der Waals surface area contributed by atoms with Gasteiger partial charge in [-0.3, -0.25) is 4.18 Å². The summed E-state index contributed by atoms with van der Waals surface area (Å²) < 4.78 is 28.2. The molecule has 1 saturated carbocycles. The van der Waals surface area contributed by atoms with Crippen molar-refractivity contribution in [1.29, 1.82) is 0 Å². The molecule has 0 saturated heterocycles. The molecule has 0 atom stereocenters. The van der Waals surface area contributed by atoms with Gasteiger partial charge in [0.25, 0.3) is 10.1 Å². The molecule has 0 unspecified atom stereocenters. The van der Waals surface area contributed by atoms with E-state index >= 15 is 0 Å². The number of aryl methyl sites for hydroxylation is 1. The quantitative estimate of drug-likeness (QED) is 0.760. The minimum atomic E-state index is -3.56. The first-order valence-electron chi connectivity index (χ1n) is 5.54. The zero-order chi connectivity index (χ0) is 11.8. The van der Waals surface area contributed by atoms with Crippen LogP contribution in [0.5, 0.6) is 0 Å². The lowest BCUT2D eigenvalue weighted by Crippen LogP contribution is -2.06. The van der Waals surface area contributed by atoms with E-state index in [2.05, 4.69) is 0 Å². The maximum absolute atomic E-state index is 11.7. The predicted molar refractivity (Wildman–Crippen MR) is 62.0 cm³/mol. The molecule has 0 bridgehead atoms. The van der Waals surface area contributed by atoms with Crippen molar-refractivity contribution in [2.75, 3.05) is 6.61 Å². The maximum atomic E-state index is 11.7. The van der Waals surface area contributed by atoms with E-state index in [0.29, 0.717) is 5.92 Å². The topological polar surface area (TPSA) is 43.4 Å². The molecule has 1 fully saturated rings. The normalized spacial score (nSPS) is 16.4. The van der Waals surface area contributed by atoms with Gasteiger partial charge in [0.05, 0.1) is 11.5 Å². The number of hydrogen-bond donors (Lipinski definition) is 0. The largest absolute Gasteiger partial charge is 0.296 e.